The van der Waals surface area contributed by atoms with Crippen LogP contribution in [0.3, 0.4) is 0 Å². The highest BCUT2D eigenvalue weighted by Crippen LogP contribution is 2.32. The lowest BCUT2D eigenvalue weighted by Gasteiger charge is -2.15. The van der Waals surface area contributed by atoms with E-state index in [4.69, 9.17) is 5.73 Å². The molecule has 5 heteroatoms. The third-order valence-corrected chi connectivity index (χ3v) is 2.97. The monoisotopic (exact) mass is 229 g/mol. The van der Waals surface area contributed by atoms with Crippen molar-refractivity contribution in [2.45, 2.75) is 6.42 Å². The molecule has 0 spiro atoms. The number of amides is 1. The minimum Gasteiger partial charge on any atom is -0.398 e. The van der Waals surface area contributed by atoms with Gasteiger partial charge in [-0.05, 0) is 18.6 Å². The van der Waals surface area contributed by atoms with Gasteiger partial charge in [-0.2, -0.15) is 0 Å². The second-order valence-corrected chi connectivity index (χ2v) is 3.94. The minimum absolute atomic E-state index is 0.150. The summed E-state index contributed by atoms with van der Waals surface area (Å²) >= 11 is 0. The molecule has 1 aromatic carbocycles. The first-order chi connectivity index (χ1) is 8.27. The van der Waals surface area contributed by atoms with Crippen molar-refractivity contribution in [1.82, 2.24) is 5.16 Å². The highest BCUT2D eigenvalue weighted by atomic mass is 16.5. The van der Waals surface area contributed by atoms with Crippen LogP contribution in [0.1, 0.15) is 16.1 Å². The maximum absolute atomic E-state index is 12.1. The summed E-state index contributed by atoms with van der Waals surface area (Å²) < 4.78 is 4.68. The Morgan fingerprint density at radius 2 is 2.29 bits per heavy atom. The number of hydrogen-bond acceptors (Lipinski definition) is 4. The fourth-order valence-electron chi connectivity index (χ4n) is 2.13. The molecule has 0 saturated carbocycles. The van der Waals surface area contributed by atoms with Crippen molar-refractivity contribution in [1.29, 1.82) is 0 Å². The number of nitrogen functional groups attached to an aromatic ring is 1. The van der Waals surface area contributed by atoms with E-state index >= 15 is 0 Å². The molecular formula is C12H11N3O2. The third-order valence-electron chi connectivity index (χ3n) is 2.97. The van der Waals surface area contributed by atoms with Crippen LogP contribution in [0.4, 0.5) is 11.4 Å². The predicted molar refractivity (Wildman–Crippen MR) is 62.7 cm³/mol. The van der Waals surface area contributed by atoms with Gasteiger partial charge < -0.3 is 15.2 Å². The van der Waals surface area contributed by atoms with Crippen molar-refractivity contribution >= 4 is 17.3 Å². The van der Waals surface area contributed by atoms with Gasteiger partial charge in [0.1, 0.15) is 6.26 Å². The molecule has 3 rings (SSSR count). The van der Waals surface area contributed by atoms with Gasteiger partial charge in [-0.1, -0.05) is 11.2 Å². The summed E-state index contributed by atoms with van der Waals surface area (Å²) in [4.78, 5) is 13.8. The van der Waals surface area contributed by atoms with E-state index in [1.54, 1.807) is 11.0 Å². The Balaban J connectivity index is 1.99. The second kappa shape index (κ2) is 3.62. The molecule has 2 heterocycles. The van der Waals surface area contributed by atoms with Crippen LogP contribution in [-0.2, 0) is 6.42 Å². The van der Waals surface area contributed by atoms with Crippen LogP contribution in [0.2, 0.25) is 0 Å². The highest BCUT2D eigenvalue weighted by molar-refractivity contribution is 6.06. The van der Waals surface area contributed by atoms with E-state index < -0.39 is 0 Å². The van der Waals surface area contributed by atoms with Crippen LogP contribution in [-0.4, -0.2) is 17.6 Å². The van der Waals surface area contributed by atoms with Crippen LogP contribution >= 0.6 is 0 Å². The van der Waals surface area contributed by atoms with Crippen LogP contribution in [0.15, 0.2) is 35.1 Å². The number of anilines is 2. The SMILES string of the molecule is Nc1cccc2c1CCN2C(=O)c1ccon1. The van der Waals surface area contributed by atoms with Gasteiger partial charge in [0, 0.05) is 29.5 Å². The lowest BCUT2D eigenvalue weighted by atomic mass is 10.1. The molecule has 5 nitrogen and oxygen atoms in total. The summed E-state index contributed by atoms with van der Waals surface area (Å²) in [7, 11) is 0. The zero-order chi connectivity index (χ0) is 11.8. The zero-order valence-corrected chi connectivity index (χ0v) is 9.09. The molecule has 2 N–H and O–H groups in total. The Labute approximate surface area is 97.8 Å². The van der Waals surface area contributed by atoms with Crippen molar-refractivity contribution in [2.75, 3.05) is 17.2 Å². The molecule has 1 amide bonds. The second-order valence-electron chi connectivity index (χ2n) is 3.94. The van der Waals surface area contributed by atoms with Crippen LogP contribution < -0.4 is 10.6 Å². The zero-order valence-electron chi connectivity index (χ0n) is 9.09. The van der Waals surface area contributed by atoms with E-state index in [-0.39, 0.29) is 5.91 Å². The molecular weight excluding hydrogens is 218 g/mol. The van der Waals surface area contributed by atoms with E-state index in [2.05, 4.69) is 9.68 Å². The molecule has 86 valence electrons. The van der Waals surface area contributed by atoms with Gasteiger partial charge in [0.25, 0.3) is 5.91 Å². The number of carbonyl (C=O) groups excluding carboxylic acids is 1. The number of benzene rings is 1. The summed E-state index contributed by atoms with van der Waals surface area (Å²) in [6, 6.07) is 7.16. The Hall–Kier alpha value is -2.30. The molecule has 2 aromatic rings. The molecule has 1 aliphatic rings. The Kier molecular flexibility index (Phi) is 2.11. The average Bonchev–Trinajstić information content (AvgIpc) is 2.98. The molecule has 0 fully saturated rings. The predicted octanol–water partition coefficient (Wildman–Crippen LogP) is 1.46. The van der Waals surface area contributed by atoms with Gasteiger partial charge in [0.05, 0.1) is 0 Å². The topological polar surface area (TPSA) is 72.4 Å². The Morgan fingerprint density at radius 1 is 1.41 bits per heavy atom. The number of aromatic nitrogens is 1. The van der Waals surface area contributed by atoms with Gasteiger partial charge in [-0.15, -0.1) is 0 Å². The van der Waals surface area contributed by atoms with E-state index in [1.165, 1.54) is 6.26 Å². The van der Waals surface area contributed by atoms with Gasteiger partial charge in [0.15, 0.2) is 5.69 Å². The number of fused-ring (bicyclic) bond motifs is 1. The molecule has 17 heavy (non-hydrogen) atoms. The highest BCUT2D eigenvalue weighted by Gasteiger charge is 2.27. The van der Waals surface area contributed by atoms with Gasteiger partial charge in [-0.25, -0.2) is 0 Å². The third kappa shape index (κ3) is 1.47. The fraction of sp³-hybridized carbons (Fsp3) is 0.167. The average molecular weight is 229 g/mol. The summed E-state index contributed by atoms with van der Waals surface area (Å²) in [5.74, 6) is -0.150. The largest absolute Gasteiger partial charge is 0.398 e. The molecule has 0 bridgehead atoms. The number of carbonyl (C=O) groups is 1. The van der Waals surface area contributed by atoms with Crippen molar-refractivity contribution in [3.63, 3.8) is 0 Å². The van der Waals surface area contributed by atoms with E-state index in [0.717, 1.165) is 23.4 Å². The lowest BCUT2D eigenvalue weighted by Crippen LogP contribution is -2.29. The number of hydrogen-bond donors (Lipinski definition) is 1. The number of nitrogens with two attached hydrogens (primary N) is 1. The summed E-state index contributed by atoms with van der Waals surface area (Å²) in [5.41, 5.74) is 8.84. The van der Waals surface area contributed by atoms with Gasteiger partial charge >= 0.3 is 0 Å². The summed E-state index contributed by atoms with van der Waals surface area (Å²) in [6.07, 6.45) is 2.18. The molecule has 1 aromatic heterocycles. The number of rotatable bonds is 1. The van der Waals surface area contributed by atoms with Gasteiger partial charge in [0.2, 0.25) is 0 Å². The normalized spacial score (nSPS) is 13.8. The smallest absolute Gasteiger partial charge is 0.280 e. The Morgan fingerprint density at radius 3 is 3.06 bits per heavy atom. The van der Waals surface area contributed by atoms with E-state index in [0.29, 0.717) is 12.2 Å². The molecule has 0 atom stereocenters. The minimum atomic E-state index is -0.150. The molecule has 0 radical (unpaired) electrons. The first kappa shape index (κ1) is 9.89. The molecule has 1 aliphatic heterocycles. The Bertz CT molecular complexity index is 563. The van der Waals surface area contributed by atoms with Crippen molar-refractivity contribution in [3.05, 3.63) is 41.8 Å². The van der Waals surface area contributed by atoms with Crippen molar-refractivity contribution in [3.8, 4) is 0 Å². The summed E-state index contributed by atoms with van der Waals surface area (Å²) in [6.45, 7) is 0.634. The quantitative estimate of drug-likeness (QED) is 0.751. The summed E-state index contributed by atoms with van der Waals surface area (Å²) in [5, 5.41) is 3.66. The van der Waals surface area contributed by atoms with E-state index in [1.807, 2.05) is 18.2 Å². The maximum atomic E-state index is 12.1. The van der Waals surface area contributed by atoms with Crippen molar-refractivity contribution < 1.29 is 9.32 Å². The van der Waals surface area contributed by atoms with Crippen molar-refractivity contribution in [2.24, 2.45) is 0 Å². The van der Waals surface area contributed by atoms with Crippen LogP contribution in [0.25, 0.3) is 0 Å². The van der Waals surface area contributed by atoms with Crippen LogP contribution in [0.5, 0.6) is 0 Å². The van der Waals surface area contributed by atoms with Gasteiger partial charge in [-0.3, -0.25) is 4.79 Å². The standard InChI is InChI=1S/C12H11N3O2/c13-9-2-1-3-11-8(9)4-6-15(11)12(16)10-5-7-17-14-10/h1-3,5,7H,4,6,13H2. The molecule has 0 aliphatic carbocycles. The fourth-order valence-corrected chi connectivity index (χ4v) is 2.13. The maximum Gasteiger partial charge on any atom is 0.280 e. The number of nitrogens with zero attached hydrogens (tertiary/aromatic N) is 2. The first-order valence-electron chi connectivity index (χ1n) is 5.37. The molecule has 0 saturated heterocycles. The molecule has 0 unspecified atom stereocenters. The van der Waals surface area contributed by atoms with E-state index in [9.17, 15) is 4.79 Å². The first-order valence-corrected chi connectivity index (χ1v) is 5.37. The van der Waals surface area contributed by atoms with Crippen LogP contribution in [0, 0.1) is 0 Å². The lowest BCUT2D eigenvalue weighted by molar-refractivity contribution is 0.0980.